The number of carbonyl (C=O) groups excluding carboxylic acids is 1. The fraction of sp³-hybridized carbons (Fsp3) is 0.235. The van der Waals surface area contributed by atoms with Gasteiger partial charge in [-0.3, -0.25) is 14.2 Å². The standard InChI is InChI=1S/C17H18ClN5O/c1-11-8-16(20-17(24)15-9-19-22(3)12(15)2)21-23(11)10-13-4-6-14(18)7-5-13/h4-9H,10H2,1-3H3,(H,20,21,24). The SMILES string of the molecule is Cc1c(C(=O)Nc2cc(C)n(Cc3ccc(Cl)cc3)n2)cnn1C. The third kappa shape index (κ3) is 3.33. The summed E-state index contributed by atoms with van der Waals surface area (Å²) >= 11 is 5.90. The van der Waals surface area contributed by atoms with E-state index in [1.165, 1.54) is 0 Å². The van der Waals surface area contributed by atoms with Crippen LogP contribution >= 0.6 is 11.6 Å². The predicted molar refractivity (Wildman–Crippen MR) is 93.4 cm³/mol. The molecule has 0 atom stereocenters. The molecule has 0 aliphatic rings. The number of aryl methyl sites for hydroxylation is 2. The van der Waals surface area contributed by atoms with Gasteiger partial charge in [-0.05, 0) is 31.5 Å². The summed E-state index contributed by atoms with van der Waals surface area (Å²) in [5, 5.41) is 12.1. The maximum Gasteiger partial charge on any atom is 0.260 e. The van der Waals surface area contributed by atoms with Crippen molar-refractivity contribution < 1.29 is 4.79 Å². The summed E-state index contributed by atoms with van der Waals surface area (Å²) in [7, 11) is 1.80. The number of hydrogen-bond acceptors (Lipinski definition) is 3. The number of nitrogens with one attached hydrogen (secondary N) is 1. The Balaban J connectivity index is 1.75. The van der Waals surface area contributed by atoms with Gasteiger partial charge in [-0.1, -0.05) is 23.7 Å². The maximum absolute atomic E-state index is 12.3. The number of rotatable bonds is 4. The molecule has 1 N–H and O–H groups in total. The van der Waals surface area contributed by atoms with Crippen molar-refractivity contribution in [3.8, 4) is 0 Å². The minimum absolute atomic E-state index is 0.211. The molecular weight excluding hydrogens is 326 g/mol. The van der Waals surface area contributed by atoms with E-state index in [-0.39, 0.29) is 5.91 Å². The first kappa shape index (κ1) is 16.3. The Morgan fingerprint density at radius 1 is 1.25 bits per heavy atom. The lowest BCUT2D eigenvalue weighted by Gasteiger charge is -2.05. The van der Waals surface area contributed by atoms with Gasteiger partial charge in [-0.25, -0.2) is 0 Å². The van der Waals surface area contributed by atoms with E-state index < -0.39 is 0 Å². The van der Waals surface area contributed by atoms with Gasteiger partial charge in [0.2, 0.25) is 0 Å². The molecule has 7 heteroatoms. The van der Waals surface area contributed by atoms with Gasteiger partial charge in [-0.15, -0.1) is 0 Å². The molecule has 6 nitrogen and oxygen atoms in total. The minimum atomic E-state index is -0.211. The van der Waals surface area contributed by atoms with Crippen LogP contribution in [0.3, 0.4) is 0 Å². The van der Waals surface area contributed by atoms with Crippen molar-refractivity contribution in [3.05, 3.63) is 64.1 Å². The maximum atomic E-state index is 12.3. The van der Waals surface area contributed by atoms with Gasteiger partial charge in [0.05, 0.1) is 18.3 Å². The number of benzene rings is 1. The Morgan fingerprint density at radius 3 is 2.58 bits per heavy atom. The van der Waals surface area contributed by atoms with Crippen LogP contribution in [0, 0.1) is 13.8 Å². The lowest BCUT2D eigenvalue weighted by Crippen LogP contribution is -2.14. The highest BCUT2D eigenvalue weighted by molar-refractivity contribution is 6.30. The molecule has 3 aromatic rings. The smallest absolute Gasteiger partial charge is 0.260 e. The first-order valence-electron chi connectivity index (χ1n) is 7.53. The van der Waals surface area contributed by atoms with Crippen molar-refractivity contribution >= 4 is 23.3 Å². The first-order valence-corrected chi connectivity index (χ1v) is 7.90. The van der Waals surface area contributed by atoms with Crippen LogP contribution in [0.2, 0.25) is 5.02 Å². The topological polar surface area (TPSA) is 64.7 Å². The highest BCUT2D eigenvalue weighted by Crippen LogP contribution is 2.15. The number of amides is 1. The van der Waals surface area contributed by atoms with Crippen molar-refractivity contribution in [3.63, 3.8) is 0 Å². The molecule has 2 aromatic heterocycles. The second-order valence-corrected chi connectivity index (χ2v) is 6.11. The molecule has 0 fully saturated rings. The Hall–Kier alpha value is -2.60. The van der Waals surface area contributed by atoms with E-state index in [0.29, 0.717) is 22.9 Å². The molecule has 1 aromatic carbocycles. The molecule has 0 unspecified atom stereocenters. The molecule has 1 amide bonds. The van der Waals surface area contributed by atoms with E-state index in [4.69, 9.17) is 11.6 Å². The molecule has 0 spiro atoms. The number of nitrogens with zero attached hydrogens (tertiary/aromatic N) is 4. The van der Waals surface area contributed by atoms with Gasteiger partial charge in [0.1, 0.15) is 0 Å². The van der Waals surface area contributed by atoms with Crippen molar-refractivity contribution in [1.82, 2.24) is 19.6 Å². The van der Waals surface area contributed by atoms with Crippen LogP contribution in [0.25, 0.3) is 0 Å². The Bertz CT molecular complexity index is 879. The van der Waals surface area contributed by atoms with Gasteiger partial charge in [0, 0.05) is 29.5 Å². The summed E-state index contributed by atoms with van der Waals surface area (Å²) in [5.41, 5.74) is 3.40. The quantitative estimate of drug-likeness (QED) is 0.791. The Kier molecular flexibility index (Phi) is 4.40. The van der Waals surface area contributed by atoms with Gasteiger partial charge < -0.3 is 5.32 Å². The zero-order valence-electron chi connectivity index (χ0n) is 13.7. The van der Waals surface area contributed by atoms with E-state index in [9.17, 15) is 4.79 Å². The molecule has 2 heterocycles. The number of halogens is 1. The minimum Gasteiger partial charge on any atom is -0.305 e. The summed E-state index contributed by atoms with van der Waals surface area (Å²) in [6.07, 6.45) is 1.56. The van der Waals surface area contributed by atoms with Crippen LogP contribution in [0.4, 0.5) is 5.82 Å². The van der Waals surface area contributed by atoms with Crippen LogP contribution < -0.4 is 5.32 Å². The molecular formula is C17H18ClN5O. The lowest BCUT2D eigenvalue weighted by molar-refractivity contribution is 0.102. The van der Waals surface area contributed by atoms with Gasteiger partial charge in [0.25, 0.3) is 5.91 Å². The van der Waals surface area contributed by atoms with Crippen LogP contribution in [0.15, 0.2) is 36.5 Å². The highest BCUT2D eigenvalue weighted by Gasteiger charge is 2.15. The van der Waals surface area contributed by atoms with Crippen molar-refractivity contribution in [2.75, 3.05) is 5.32 Å². The monoisotopic (exact) mass is 343 g/mol. The number of hydrogen-bond donors (Lipinski definition) is 1. The molecule has 0 bridgehead atoms. The van der Waals surface area contributed by atoms with E-state index in [2.05, 4.69) is 15.5 Å². The molecule has 3 rings (SSSR count). The molecule has 0 aliphatic heterocycles. The molecule has 0 saturated carbocycles. The van der Waals surface area contributed by atoms with Crippen molar-refractivity contribution in [2.45, 2.75) is 20.4 Å². The van der Waals surface area contributed by atoms with Crippen molar-refractivity contribution in [2.24, 2.45) is 7.05 Å². The van der Waals surface area contributed by atoms with Crippen molar-refractivity contribution in [1.29, 1.82) is 0 Å². The zero-order chi connectivity index (χ0) is 17.3. The highest BCUT2D eigenvalue weighted by atomic mass is 35.5. The zero-order valence-corrected chi connectivity index (χ0v) is 14.5. The summed E-state index contributed by atoms with van der Waals surface area (Å²) in [6, 6.07) is 9.47. The summed E-state index contributed by atoms with van der Waals surface area (Å²) in [5.74, 6) is 0.312. The second kappa shape index (κ2) is 6.49. The van der Waals surface area contributed by atoms with E-state index in [1.54, 1.807) is 17.9 Å². The van der Waals surface area contributed by atoms with Gasteiger partial charge >= 0.3 is 0 Å². The molecule has 24 heavy (non-hydrogen) atoms. The third-order valence-electron chi connectivity index (χ3n) is 3.95. The van der Waals surface area contributed by atoms with Crippen LogP contribution in [-0.4, -0.2) is 25.5 Å². The molecule has 0 radical (unpaired) electrons. The Morgan fingerprint density at radius 2 is 1.96 bits per heavy atom. The Labute approximate surface area is 145 Å². The first-order chi connectivity index (χ1) is 11.4. The molecule has 0 aliphatic carbocycles. The van der Waals surface area contributed by atoms with E-state index in [0.717, 1.165) is 17.0 Å². The number of carbonyl (C=O) groups is 1. The molecule has 124 valence electrons. The largest absolute Gasteiger partial charge is 0.305 e. The van der Waals surface area contributed by atoms with E-state index in [1.807, 2.05) is 48.9 Å². The molecule has 0 saturated heterocycles. The summed E-state index contributed by atoms with van der Waals surface area (Å²) in [4.78, 5) is 12.3. The van der Waals surface area contributed by atoms with Crippen LogP contribution in [0.5, 0.6) is 0 Å². The van der Waals surface area contributed by atoms with Crippen LogP contribution in [0.1, 0.15) is 27.3 Å². The average molecular weight is 344 g/mol. The lowest BCUT2D eigenvalue weighted by atomic mass is 10.2. The fourth-order valence-electron chi connectivity index (χ4n) is 2.40. The predicted octanol–water partition coefficient (Wildman–Crippen LogP) is 3.19. The average Bonchev–Trinajstić information content (AvgIpc) is 3.05. The fourth-order valence-corrected chi connectivity index (χ4v) is 2.53. The normalized spacial score (nSPS) is 10.8. The number of aromatic nitrogens is 4. The van der Waals surface area contributed by atoms with E-state index >= 15 is 0 Å². The van der Waals surface area contributed by atoms with Crippen LogP contribution in [-0.2, 0) is 13.6 Å². The second-order valence-electron chi connectivity index (χ2n) is 5.68. The summed E-state index contributed by atoms with van der Waals surface area (Å²) in [6.45, 7) is 4.42. The van der Waals surface area contributed by atoms with Gasteiger partial charge in [0.15, 0.2) is 5.82 Å². The number of anilines is 1. The van der Waals surface area contributed by atoms with Gasteiger partial charge in [-0.2, -0.15) is 10.2 Å². The third-order valence-corrected chi connectivity index (χ3v) is 4.20. The summed E-state index contributed by atoms with van der Waals surface area (Å²) < 4.78 is 3.51.